The molecule has 3 N–H and O–H groups in total. The van der Waals surface area contributed by atoms with Gasteiger partial charge in [0, 0.05) is 30.1 Å². The number of amides is 1. The fourth-order valence-corrected chi connectivity index (χ4v) is 1.77. The highest BCUT2D eigenvalue weighted by molar-refractivity contribution is 5.95. The van der Waals surface area contributed by atoms with Crippen LogP contribution >= 0.6 is 0 Å². The van der Waals surface area contributed by atoms with Crippen LogP contribution in [0.4, 0.5) is 5.82 Å². The number of aliphatic imine (C=N–C) groups is 1. The van der Waals surface area contributed by atoms with Crippen LogP contribution in [0.5, 0.6) is 0 Å². The second-order valence-electron chi connectivity index (χ2n) is 6.04. The molecule has 7 heteroatoms. The molecule has 0 saturated heterocycles. The highest BCUT2D eigenvalue weighted by Gasteiger charge is 2.03. The van der Waals surface area contributed by atoms with Crippen molar-refractivity contribution in [3.63, 3.8) is 0 Å². The minimum atomic E-state index is -0.179. The van der Waals surface area contributed by atoms with Crippen molar-refractivity contribution in [2.24, 2.45) is 4.99 Å². The molecule has 0 bridgehead atoms. The highest BCUT2D eigenvalue weighted by atomic mass is 16.1. The fourth-order valence-electron chi connectivity index (χ4n) is 1.77. The monoisotopic (exact) mass is 332 g/mol. The van der Waals surface area contributed by atoms with E-state index in [2.05, 4.69) is 51.1 Å². The lowest BCUT2D eigenvalue weighted by molar-refractivity contribution is -0.117. The van der Waals surface area contributed by atoms with Crippen molar-refractivity contribution in [1.82, 2.24) is 20.4 Å². The summed E-state index contributed by atoms with van der Waals surface area (Å²) in [5, 5.41) is 12.8. The Morgan fingerprint density at radius 3 is 2.88 bits per heavy atom. The maximum absolute atomic E-state index is 11.8. The minimum Gasteiger partial charge on any atom is -0.352 e. The van der Waals surface area contributed by atoms with E-state index in [-0.39, 0.29) is 5.91 Å². The van der Waals surface area contributed by atoms with Crippen LogP contribution in [0.15, 0.2) is 35.5 Å². The van der Waals surface area contributed by atoms with Crippen molar-refractivity contribution in [1.29, 1.82) is 0 Å². The zero-order chi connectivity index (χ0) is 17.9. The maximum Gasteiger partial charge on any atom is 0.250 e. The number of carbonyl (C=O) groups is 1. The lowest BCUT2D eigenvalue weighted by Crippen LogP contribution is -2.27. The first-order valence-corrected chi connectivity index (χ1v) is 8.02. The van der Waals surface area contributed by atoms with Crippen LogP contribution in [0.2, 0.25) is 0 Å². The van der Waals surface area contributed by atoms with Crippen LogP contribution in [-0.4, -0.2) is 54.5 Å². The van der Waals surface area contributed by atoms with Crippen molar-refractivity contribution >= 4 is 18.1 Å². The van der Waals surface area contributed by atoms with Crippen LogP contribution in [0, 0.1) is 0 Å². The van der Waals surface area contributed by atoms with Gasteiger partial charge in [-0.25, -0.2) is 4.99 Å². The Morgan fingerprint density at radius 1 is 1.50 bits per heavy atom. The first-order chi connectivity index (χ1) is 11.4. The third-order valence-corrected chi connectivity index (χ3v) is 3.23. The van der Waals surface area contributed by atoms with Gasteiger partial charge in [0.2, 0.25) is 0 Å². The summed E-state index contributed by atoms with van der Waals surface area (Å²) in [7, 11) is 4.00. The molecule has 0 unspecified atom stereocenters. The third-order valence-electron chi connectivity index (χ3n) is 3.23. The van der Waals surface area contributed by atoms with E-state index in [1.54, 1.807) is 6.08 Å². The molecule has 0 fully saturated rings. The average Bonchev–Trinajstić information content (AvgIpc) is 2.99. The molecule has 0 spiro atoms. The first kappa shape index (κ1) is 19.6. The zero-order valence-corrected chi connectivity index (χ0v) is 15.0. The standard InChI is InChI=1S/C17H28N6O/c1-13(2)15-11-16(22-21-15)20-12-18-9-7-14(3)17(24)19-8-6-10-23(4)5/h7,9,11-13H,3,6,8,10H2,1-2,4-5H3,(H,19,24)(H2,18,20,21,22)/b9-7-. The number of carbonyl (C=O) groups excluding carboxylic acids is 1. The van der Waals surface area contributed by atoms with Gasteiger partial charge in [-0.15, -0.1) is 0 Å². The van der Waals surface area contributed by atoms with Gasteiger partial charge in [0.1, 0.15) is 0 Å². The summed E-state index contributed by atoms with van der Waals surface area (Å²) in [5.41, 5.74) is 1.43. The van der Waals surface area contributed by atoms with Crippen LogP contribution in [0.1, 0.15) is 31.9 Å². The molecule has 1 aromatic heterocycles. The molecule has 0 saturated carbocycles. The summed E-state index contributed by atoms with van der Waals surface area (Å²) in [6.45, 7) is 9.47. The van der Waals surface area contributed by atoms with Gasteiger partial charge in [0.15, 0.2) is 5.82 Å². The number of aromatic nitrogens is 2. The summed E-state index contributed by atoms with van der Waals surface area (Å²) in [6, 6.07) is 1.93. The summed E-state index contributed by atoms with van der Waals surface area (Å²) in [5.74, 6) is 0.916. The van der Waals surface area contributed by atoms with Crippen LogP contribution < -0.4 is 10.6 Å². The number of hydrogen-bond acceptors (Lipinski definition) is 4. The Labute approximate surface area is 143 Å². The Hall–Kier alpha value is -2.41. The number of hydrogen-bond donors (Lipinski definition) is 3. The number of rotatable bonds is 10. The van der Waals surface area contributed by atoms with Gasteiger partial charge in [-0.05, 0) is 39.1 Å². The second kappa shape index (κ2) is 10.4. The average molecular weight is 332 g/mol. The molecule has 0 aromatic carbocycles. The first-order valence-electron chi connectivity index (χ1n) is 8.02. The smallest absolute Gasteiger partial charge is 0.250 e. The van der Waals surface area contributed by atoms with Crippen molar-refractivity contribution in [2.45, 2.75) is 26.2 Å². The SMILES string of the molecule is C=C(/C=C\N=CNc1cc(C(C)C)[nH]n1)C(=O)NCCCN(C)C. The fraction of sp³-hybridized carbons (Fsp3) is 0.471. The molecule has 0 radical (unpaired) electrons. The van der Waals surface area contributed by atoms with Crippen molar-refractivity contribution in [2.75, 3.05) is 32.5 Å². The Kier molecular flexibility index (Phi) is 8.49. The molecule has 24 heavy (non-hydrogen) atoms. The molecule has 1 amide bonds. The number of nitrogens with one attached hydrogen (secondary N) is 3. The summed E-state index contributed by atoms with van der Waals surface area (Å²) in [6.07, 6.45) is 5.51. The predicted octanol–water partition coefficient (Wildman–Crippen LogP) is 2.11. The van der Waals surface area contributed by atoms with E-state index < -0.39 is 0 Å². The second-order valence-corrected chi connectivity index (χ2v) is 6.04. The lowest BCUT2D eigenvalue weighted by Gasteiger charge is -2.09. The van der Waals surface area contributed by atoms with Gasteiger partial charge < -0.3 is 15.5 Å². The molecular weight excluding hydrogens is 304 g/mol. The topological polar surface area (TPSA) is 85.4 Å². The minimum absolute atomic E-state index is 0.179. The lowest BCUT2D eigenvalue weighted by atomic mass is 10.1. The summed E-state index contributed by atoms with van der Waals surface area (Å²) >= 11 is 0. The Morgan fingerprint density at radius 2 is 2.25 bits per heavy atom. The number of nitrogens with zero attached hydrogens (tertiary/aromatic N) is 3. The van der Waals surface area contributed by atoms with Gasteiger partial charge in [-0.1, -0.05) is 20.4 Å². The van der Waals surface area contributed by atoms with Crippen LogP contribution in [-0.2, 0) is 4.79 Å². The highest BCUT2D eigenvalue weighted by Crippen LogP contribution is 2.13. The number of anilines is 1. The van der Waals surface area contributed by atoms with E-state index in [0.717, 1.165) is 18.7 Å². The van der Waals surface area contributed by atoms with E-state index in [1.165, 1.54) is 12.5 Å². The van der Waals surface area contributed by atoms with Crippen molar-refractivity contribution < 1.29 is 4.79 Å². The molecule has 0 aliphatic heterocycles. The van der Waals surface area contributed by atoms with Crippen molar-refractivity contribution in [3.8, 4) is 0 Å². The summed E-state index contributed by atoms with van der Waals surface area (Å²) in [4.78, 5) is 17.9. The molecular formula is C17H28N6O. The Balaban J connectivity index is 2.29. The number of H-pyrrole nitrogens is 1. The molecule has 1 aromatic rings. The van der Waals surface area contributed by atoms with E-state index in [1.807, 2.05) is 20.2 Å². The van der Waals surface area contributed by atoms with Gasteiger partial charge >= 0.3 is 0 Å². The third kappa shape index (κ3) is 7.73. The summed E-state index contributed by atoms with van der Waals surface area (Å²) < 4.78 is 0. The molecule has 1 rings (SSSR count). The quantitative estimate of drug-likeness (QED) is 0.201. The van der Waals surface area contributed by atoms with Crippen LogP contribution in [0.3, 0.4) is 0 Å². The molecule has 1 heterocycles. The molecule has 0 aliphatic carbocycles. The normalized spacial score (nSPS) is 11.8. The Bertz CT molecular complexity index is 586. The van der Waals surface area contributed by atoms with E-state index in [4.69, 9.17) is 0 Å². The molecule has 132 valence electrons. The molecule has 7 nitrogen and oxygen atoms in total. The zero-order valence-electron chi connectivity index (χ0n) is 15.0. The largest absolute Gasteiger partial charge is 0.352 e. The van der Waals surface area contributed by atoms with E-state index in [0.29, 0.717) is 23.9 Å². The van der Waals surface area contributed by atoms with E-state index >= 15 is 0 Å². The molecule has 0 aliphatic rings. The van der Waals surface area contributed by atoms with Gasteiger partial charge in [-0.3, -0.25) is 9.89 Å². The van der Waals surface area contributed by atoms with Gasteiger partial charge in [-0.2, -0.15) is 5.10 Å². The number of aromatic amines is 1. The van der Waals surface area contributed by atoms with Crippen LogP contribution in [0.25, 0.3) is 0 Å². The van der Waals surface area contributed by atoms with Gasteiger partial charge in [0.25, 0.3) is 5.91 Å². The predicted molar refractivity (Wildman–Crippen MR) is 99.3 cm³/mol. The molecule has 0 atom stereocenters. The van der Waals surface area contributed by atoms with E-state index in [9.17, 15) is 4.79 Å². The van der Waals surface area contributed by atoms with Crippen molar-refractivity contribution in [3.05, 3.63) is 36.2 Å². The maximum atomic E-state index is 11.8. The van der Waals surface area contributed by atoms with Gasteiger partial charge in [0.05, 0.1) is 6.34 Å².